The van der Waals surface area contributed by atoms with Crippen LogP contribution in [0.3, 0.4) is 0 Å². The molecule has 2 aromatic rings. The van der Waals surface area contributed by atoms with E-state index in [1.807, 2.05) is 6.92 Å². The number of nitro benzene ring substituents is 1. The van der Waals surface area contributed by atoms with Crippen molar-refractivity contribution in [3.8, 4) is 0 Å². The van der Waals surface area contributed by atoms with Gasteiger partial charge < -0.3 is 15.1 Å². The molecule has 7 nitrogen and oxygen atoms in total. The molecule has 0 saturated carbocycles. The first-order valence-electron chi connectivity index (χ1n) is 9.99. The molecule has 3 rings (SSSR count). The van der Waals surface area contributed by atoms with Gasteiger partial charge in [0.25, 0.3) is 11.6 Å². The Hall–Kier alpha value is -2.93. The number of hydrogen-bond donors (Lipinski definition) is 2. The van der Waals surface area contributed by atoms with Gasteiger partial charge in [0.05, 0.1) is 31.1 Å². The molecule has 0 bridgehead atoms. The fourth-order valence-electron chi connectivity index (χ4n) is 3.87. The SMILES string of the molecule is Cc1cc([N+](=O)[O-])ccc1NC(=O)[C@H](C)[NH+]1CCN(c2cccc(C)c2C)CC1. The van der Waals surface area contributed by atoms with Gasteiger partial charge in [0.2, 0.25) is 0 Å². The molecule has 1 saturated heterocycles. The highest BCUT2D eigenvalue weighted by Crippen LogP contribution is 2.23. The summed E-state index contributed by atoms with van der Waals surface area (Å²) in [5, 5.41) is 13.8. The minimum absolute atomic E-state index is 0.0294. The number of piperazine rings is 1. The first kappa shape index (κ1) is 20.8. The van der Waals surface area contributed by atoms with Crippen molar-refractivity contribution in [3.05, 3.63) is 63.2 Å². The third-order valence-electron chi connectivity index (χ3n) is 6.01. The predicted molar refractivity (Wildman–Crippen MR) is 115 cm³/mol. The molecule has 1 fully saturated rings. The van der Waals surface area contributed by atoms with Crippen molar-refractivity contribution < 1.29 is 14.6 Å². The minimum Gasteiger partial charge on any atom is -0.360 e. The zero-order valence-corrected chi connectivity index (χ0v) is 17.5. The number of nitrogens with zero attached hydrogens (tertiary/aromatic N) is 2. The molecule has 1 aliphatic heterocycles. The summed E-state index contributed by atoms with van der Waals surface area (Å²) in [6.07, 6.45) is 0. The summed E-state index contributed by atoms with van der Waals surface area (Å²) < 4.78 is 0. The molecule has 1 atom stereocenters. The average Bonchev–Trinajstić information content (AvgIpc) is 2.71. The highest BCUT2D eigenvalue weighted by molar-refractivity contribution is 5.94. The number of nitro groups is 1. The van der Waals surface area contributed by atoms with Gasteiger partial charge in [-0.05, 0) is 56.5 Å². The van der Waals surface area contributed by atoms with Crippen LogP contribution in [-0.2, 0) is 4.79 Å². The van der Waals surface area contributed by atoms with Gasteiger partial charge in [0.1, 0.15) is 0 Å². The zero-order valence-electron chi connectivity index (χ0n) is 17.5. The van der Waals surface area contributed by atoms with Gasteiger partial charge in [-0.25, -0.2) is 0 Å². The van der Waals surface area contributed by atoms with E-state index >= 15 is 0 Å². The summed E-state index contributed by atoms with van der Waals surface area (Å²) in [6.45, 7) is 11.6. The second-order valence-electron chi connectivity index (χ2n) is 7.83. The van der Waals surface area contributed by atoms with Crippen LogP contribution in [0.1, 0.15) is 23.6 Å². The molecule has 0 spiro atoms. The molecule has 1 heterocycles. The van der Waals surface area contributed by atoms with Crippen LogP contribution in [0.15, 0.2) is 36.4 Å². The fourth-order valence-corrected chi connectivity index (χ4v) is 3.87. The monoisotopic (exact) mass is 397 g/mol. The molecule has 29 heavy (non-hydrogen) atoms. The summed E-state index contributed by atoms with van der Waals surface area (Å²) >= 11 is 0. The zero-order chi connectivity index (χ0) is 21.1. The fraction of sp³-hybridized carbons (Fsp3) is 0.409. The maximum absolute atomic E-state index is 12.8. The van der Waals surface area contributed by atoms with Crippen molar-refractivity contribution in [2.24, 2.45) is 0 Å². The van der Waals surface area contributed by atoms with E-state index in [1.165, 1.54) is 33.8 Å². The predicted octanol–water partition coefficient (Wildman–Crippen LogP) is 2.25. The van der Waals surface area contributed by atoms with Gasteiger partial charge in [-0.2, -0.15) is 0 Å². The molecular weight excluding hydrogens is 368 g/mol. The van der Waals surface area contributed by atoms with Gasteiger partial charge in [-0.1, -0.05) is 12.1 Å². The highest BCUT2D eigenvalue weighted by atomic mass is 16.6. The molecule has 0 aliphatic carbocycles. The number of hydrogen-bond acceptors (Lipinski definition) is 4. The van der Waals surface area contributed by atoms with E-state index in [4.69, 9.17) is 0 Å². The molecule has 0 radical (unpaired) electrons. The van der Waals surface area contributed by atoms with Gasteiger partial charge in [-0.15, -0.1) is 0 Å². The summed E-state index contributed by atoms with van der Waals surface area (Å²) in [6, 6.07) is 10.7. The summed E-state index contributed by atoms with van der Waals surface area (Å²) in [4.78, 5) is 26.9. The van der Waals surface area contributed by atoms with Crippen LogP contribution in [0, 0.1) is 30.9 Å². The molecule has 1 aliphatic rings. The lowest BCUT2D eigenvalue weighted by Gasteiger charge is -2.36. The quantitative estimate of drug-likeness (QED) is 0.599. The van der Waals surface area contributed by atoms with Crippen molar-refractivity contribution in [2.75, 3.05) is 36.4 Å². The van der Waals surface area contributed by atoms with E-state index in [9.17, 15) is 14.9 Å². The number of aryl methyl sites for hydroxylation is 2. The van der Waals surface area contributed by atoms with E-state index in [2.05, 4.69) is 42.3 Å². The van der Waals surface area contributed by atoms with Crippen molar-refractivity contribution in [3.63, 3.8) is 0 Å². The van der Waals surface area contributed by atoms with Crippen molar-refractivity contribution in [1.29, 1.82) is 0 Å². The number of quaternary nitrogens is 1. The maximum Gasteiger partial charge on any atom is 0.282 e. The third kappa shape index (κ3) is 4.56. The van der Waals surface area contributed by atoms with Crippen LogP contribution >= 0.6 is 0 Å². The van der Waals surface area contributed by atoms with E-state index in [1.54, 1.807) is 13.0 Å². The summed E-state index contributed by atoms with van der Waals surface area (Å²) in [5.74, 6) is -0.0582. The first-order valence-corrected chi connectivity index (χ1v) is 9.99. The normalized spacial score (nSPS) is 15.8. The molecule has 1 amide bonds. The Bertz CT molecular complexity index is 920. The van der Waals surface area contributed by atoms with Gasteiger partial charge in [0, 0.05) is 23.5 Å². The van der Waals surface area contributed by atoms with Gasteiger partial charge >= 0.3 is 0 Å². The second-order valence-corrected chi connectivity index (χ2v) is 7.83. The minimum atomic E-state index is -0.430. The molecular formula is C22H29N4O3+. The number of anilines is 2. The molecule has 2 aromatic carbocycles. The summed E-state index contributed by atoms with van der Waals surface area (Å²) in [7, 11) is 0. The standard InChI is InChI=1S/C22H28N4O3/c1-15-6-5-7-21(17(15)3)25-12-10-24(11-13-25)18(4)22(27)23-20-9-8-19(26(28)29)14-16(20)2/h5-9,14,18H,10-13H2,1-4H3,(H,23,27)/p+1/t18-/m0/s1. The Labute approximate surface area is 171 Å². The smallest absolute Gasteiger partial charge is 0.282 e. The van der Waals surface area contributed by atoms with E-state index < -0.39 is 4.92 Å². The van der Waals surface area contributed by atoms with Gasteiger partial charge in [-0.3, -0.25) is 14.9 Å². The largest absolute Gasteiger partial charge is 0.360 e. The van der Waals surface area contributed by atoms with Crippen LogP contribution in [0.4, 0.5) is 17.1 Å². The number of amides is 1. The van der Waals surface area contributed by atoms with E-state index in [-0.39, 0.29) is 17.6 Å². The Balaban J connectivity index is 1.60. The topological polar surface area (TPSA) is 79.9 Å². The Kier molecular flexibility index (Phi) is 6.17. The van der Waals surface area contributed by atoms with Crippen molar-refractivity contribution >= 4 is 23.0 Å². The second kappa shape index (κ2) is 8.61. The Morgan fingerprint density at radius 2 is 1.83 bits per heavy atom. The lowest BCUT2D eigenvalue weighted by Crippen LogP contribution is -3.19. The first-order chi connectivity index (χ1) is 13.8. The third-order valence-corrected chi connectivity index (χ3v) is 6.01. The van der Waals surface area contributed by atoms with Crippen molar-refractivity contribution in [2.45, 2.75) is 33.7 Å². The van der Waals surface area contributed by atoms with Crippen LogP contribution in [0.25, 0.3) is 0 Å². The van der Waals surface area contributed by atoms with E-state index in [0.29, 0.717) is 11.3 Å². The summed E-state index contributed by atoms with van der Waals surface area (Å²) in [5.41, 5.74) is 5.23. The molecule has 0 aromatic heterocycles. The molecule has 0 unspecified atom stereocenters. The average molecular weight is 397 g/mol. The highest BCUT2D eigenvalue weighted by Gasteiger charge is 2.30. The number of rotatable bonds is 5. The number of non-ortho nitro benzene ring substituents is 1. The van der Waals surface area contributed by atoms with Crippen molar-refractivity contribution in [1.82, 2.24) is 0 Å². The Morgan fingerprint density at radius 3 is 2.45 bits per heavy atom. The Morgan fingerprint density at radius 1 is 1.14 bits per heavy atom. The van der Waals surface area contributed by atoms with Crippen LogP contribution in [0.5, 0.6) is 0 Å². The number of carbonyl (C=O) groups is 1. The van der Waals surface area contributed by atoms with Crippen LogP contribution < -0.4 is 15.1 Å². The number of carbonyl (C=O) groups excluding carboxylic acids is 1. The van der Waals surface area contributed by atoms with Crippen LogP contribution in [0.2, 0.25) is 0 Å². The molecule has 2 N–H and O–H groups in total. The lowest BCUT2D eigenvalue weighted by atomic mass is 10.1. The number of nitrogens with one attached hydrogen (secondary N) is 2. The lowest BCUT2D eigenvalue weighted by molar-refractivity contribution is -0.914. The molecule has 7 heteroatoms. The maximum atomic E-state index is 12.8. The number of benzene rings is 2. The van der Waals surface area contributed by atoms with Gasteiger partial charge in [0.15, 0.2) is 6.04 Å². The van der Waals surface area contributed by atoms with E-state index in [0.717, 1.165) is 26.2 Å². The van der Waals surface area contributed by atoms with Crippen LogP contribution in [-0.4, -0.2) is 43.1 Å². The molecule has 154 valence electrons.